The molecule has 1 saturated heterocycles. The SMILES string of the molecule is COc1cc(OC)cc(N2Cc3cnc(NCCCN4CCN(C)CC4)nc3NC2=O)c1. The number of carbonyl (C=O) groups excluding carboxylic acids is 1. The van der Waals surface area contributed by atoms with E-state index in [1.165, 1.54) is 0 Å². The number of urea groups is 1. The molecule has 2 aromatic rings. The zero-order valence-corrected chi connectivity index (χ0v) is 18.9. The number of amides is 2. The quantitative estimate of drug-likeness (QED) is 0.602. The standard InChI is InChI=1S/C22H31N7O3/c1-27-7-9-28(10-8-27)6-4-5-23-21-24-14-16-15-29(22(30)26-20(16)25-21)17-11-18(31-2)13-19(12-17)32-3/h11-14H,4-10,15H2,1-3H3,(H2,23,24,25,26,30). The Morgan fingerprint density at radius 3 is 2.50 bits per heavy atom. The number of hydrogen-bond donors (Lipinski definition) is 2. The van der Waals surface area contributed by atoms with Crippen LogP contribution >= 0.6 is 0 Å². The van der Waals surface area contributed by atoms with E-state index >= 15 is 0 Å². The van der Waals surface area contributed by atoms with E-state index in [0.717, 1.165) is 51.3 Å². The van der Waals surface area contributed by atoms with Crippen LogP contribution in [0.1, 0.15) is 12.0 Å². The van der Waals surface area contributed by atoms with Gasteiger partial charge in [-0.1, -0.05) is 0 Å². The van der Waals surface area contributed by atoms with E-state index in [1.807, 2.05) is 0 Å². The van der Waals surface area contributed by atoms with Crippen LogP contribution in [0, 0.1) is 0 Å². The van der Waals surface area contributed by atoms with Gasteiger partial charge in [-0.15, -0.1) is 0 Å². The fourth-order valence-corrected chi connectivity index (χ4v) is 3.86. The lowest BCUT2D eigenvalue weighted by molar-refractivity contribution is 0.154. The fourth-order valence-electron chi connectivity index (χ4n) is 3.86. The molecule has 4 rings (SSSR count). The summed E-state index contributed by atoms with van der Waals surface area (Å²) in [5.41, 5.74) is 1.52. The van der Waals surface area contributed by atoms with Crippen LogP contribution in [0.4, 0.5) is 22.2 Å². The topological polar surface area (TPSA) is 95.1 Å². The second-order valence-corrected chi connectivity index (χ2v) is 8.08. The Morgan fingerprint density at radius 1 is 1.09 bits per heavy atom. The molecule has 0 atom stereocenters. The van der Waals surface area contributed by atoms with Crippen molar-refractivity contribution in [3.63, 3.8) is 0 Å². The molecule has 2 N–H and O–H groups in total. The number of rotatable bonds is 8. The van der Waals surface area contributed by atoms with Crippen molar-refractivity contribution in [3.8, 4) is 11.5 Å². The van der Waals surface area contributed by atoms with Gasteiger partial charge in [0.05, 0.1) is 26.5 Å². The maximum atomic E-state index is 12.8. The van der Waals surface area contributed by atoms with Gasteiger partial charge in [-0.3, -0.25) is 10.2 Å². The van der Waals surface area contributed by atoms with Gasteiger partial charge in [-0.25, -0.2) is 9.78 Å². The van der Waals surface area contributed by atoms with Crippen molar-refractivity contribution in [1.29, 1.82) is 0 Å². The summed E-state index contributed by atoms with van der Waals surface area (Å²) in [6, 6.07) is 5.10. The Morgan fingerprint density at radius 2 is 1.81 bits per heavy atom. The highest BCUT2D eigenvalue weighted by atomic mass is 16.5. The average molecular weight is 442 g/mol. The number of anilines is 3. The Balaban J connectivity index is 1.35. The lowest BCUT2D eigenvalue weighted by Gasteiger charge is -2.32. The molecule has 0 radical (unpaired) electrons. The number of nitrogens with one attached hydrogen (secondary N) is 2. The van der Waals surface area contributed by atoms with Crippen molar-refractivity contribution in [3.05, 3.63) is 30.0 Å². The highest BCUT2D eigenvalue weighted by molar-refractivity contribution is 6.03. The third-order valence-corrected chi connectivity index (χ3v) is 5.84. The summed E-state index contributed by atoms with van der Waals surface area (Å²) < 4.78 is 10.6. The van der Waals surface area contributed by atoms with Gasteiger partial charge in [-0.05, 0) is 20.0 Å². The van der Waals surface area contributed by atoms with Crippen LogP contribution < -0.4 is 25.0 Å². The van der Waals surface area contributed by atoms with Gasteiger partial charge in [0.1, 0.15) is 17.3 Å². The molecule has 10 nitrogen and oxygen atoms in total. The number of hydrogen-bond acceptors (Lipinski definition) is 8. The first-order valence-electron chi connectivity index (χ1n) is 10.9. The first-order chi connectivity index (χ1) is 15.6. The maximum Gasteiger partial charge on any atom is 0.327 e. The molecule has 172 valence electrons. The monoisotopic (exact) mass is 441 g/mol. The lowest BCUT2D eigenvalue weighted by Crippen LogP contribution is -2.44. The van der Waals surface area contributed by atoms with Gasteiger partial charge in [0, 0.05) is 62.7 Å². The molecule has 2 aliphatic heterocycles. The summed E-state index contributed by atoms with van der Waals surface area (Å²) in [5, 5.41) is 6.15. The van der Waals surface area contributed by atoms with E-state index in [4.69, 9.17) is 9.47 Å². The Labute approximate surface area is 188 Å². The van der Waals surface area contributed by atoms with E-state index in [9.17, 15) is 4.79 Å². The Kier molecular flexibility index (Phi) is 6.91. The molecule has 1 aromatic carbocycles. The van der Waals surface area contributed by atoms with E-state index in [1.54, 1.807) is 43.5 Å². The third-order valence-electron chi connectivity index (χ3n) is 5.84. The second kappa shape index (κ2) is 10.0. The highest BCUT2D eigenvalue weighted by Gasteiger charge is 2.26. The van der Waals surface area contributed by atoms with Crippen LogP contribution in [0.15, 0.2) is 24.4 Å². The number of piperazine rings is 1. The molecule has 1 aromatic heterocycles. The smallest absolute Gasteiger partial charge is 0.327 e. The number of fused-ring (bicyclic) bond motifs is 1. The minimum atomic E-state index is -0.257. The largest absolute Gasteiger partial charge is 0.497 e. The third kappa shape index (κ3) is 5.20. The number of methoxy groups -OCH3 is 2. The van der Waals surface area contributed by atoms with Crippen LogP contribution in [0.25, 0.3) is 0 Å². The van der Waals surface area contributed by atoms with Crippen LogP contribution in [-0.4, -0.2) is 86.3 Å². The highest BCUT2D eigenvalue weighted by Crippen LogP contribution is 2.32. The van der Waals surface area contributed by atoms with Crippen molar-refractivity contribution in [2.45, 2.75) is 13.0 Å². The molecule has 1 fully saturated rings. The number of benzene rings is 1. The van der Waals surface area contributed by atoms with Crippen LogP contribution in [-0.2, 0) is 6.54 Å². The molecule has 0 unspecified atom stereocenters. The molecule has 2 aliphatic rings. The van der Waals surface area contributed by atoms with Crippen molar-refractivity contribution in [1.82, 2.24) is 19.8 Å². The molecule has 0 saturated carbocycles. The van der Waals surface area contributed by atoms with E-state index in [-0.39, 0.29) is 6.03 Å². The van der Waals surface area contributed by atoms with Crippen molar-refractivity contribution in [2.75, 3.05) is 76.1 Å². The van der Waals surface area contributed by atoms with Crippen LogP contribution in [0.2, 0.25) is 0 Å². The Hall–Kier alpha value is -3.11. The van der Waals surface area contributed by atoms with Gasteiger partial charge in [0.2, 0.25) is 5.95 Å². The molecule has 0 aliphatic carbocycles. The minimum absolute atomic E-state index is 0.257. The molecular formula is C22H31N7O3. The molecule has 10 heteroatoms. The van der Waals surface area contributed by atoms with E-state index < -0.39 is 0 Å². The molecule has 3 heterocycles. The van der Waals surface area contributed by atoms with Crippen molar-refractivity contribution < 1.29 is 14.3 Å². The van der Waals surface area contributed by atoms with Gasteiger partial charge in [-0.2, -0.15) is 4.98 Å². The number of ether oxygens (including phenoxy) is 2. The first-order valence-corrected chi connectivity index (χ1v) is 10.9. The maximum absolute atomic E-state index is 12.8. The predicted octanol–water partition coefficient (Wildman–Crippen LogP) is 2.10. The molecule has 0 spiro atoms. The molecular weight excluding hydrogens is 410 g/mol. The van der Waals surface area contributed by atoms with Gasteiger partial charge >= 0.3 is 6.03 Å². The average Bonchev–Trinajstić information content (AvgIpc) is 2.82. The number of nitrogens with zero attached hydrogens (tertiary/aromatic N) is 5. The summed E-state index contributed by atoms with van der Waals surface area (Å²) in [6.45, 7) is 6.69. The van der Waals surface area contributed by atoms with Gasteiger partial charge in [0.15, 0.2) is 0 Å². The van der Waals surface area contributed by atoms with Gasteiger partial charge < -0.3 is 24.6 Å². The first kappa shape index (κ1) is 22.1. The Bertz CT molecular complexity index is 925. The molecule has 32 heavy (non-hydrogen) atoms. The minimum Gasteiger partial charge on any atom is -0.497 e. The van der Waals surface area contributed by atoms with Crippen molar-refractivity contribution in [2.24, 2.45) is 0 Å². The summed E-state index contributed by atoms with van der Waals surface area (Å²) in [4.78, 5) is 28.2. The molecule has 0 bridgehead atoms. The number of aromatic nitrogens is 2. The zero-order chi connectivity index (χ0) is 22.5. The van der Waals surface area contributed by atoms with E-state index in [2.05, 4.69) is 37.4 Å². The zero-order valence-electron chi connectivity index (χ0n) is 18.9. The second-order valence-electron chi connectivity index (χ2n) is 8.08. The molecule has 2 amide bonds. The summed E-state index contributed by atoms with van der Waals surface area (Å²) in [6.07, 6.45) is 2.77. The summed E-state index contributed by atoms with van der Waals surface area (Å²) in [5.74, 6) is 2.30. The summed E-state index contributed by atoms with van der Waals surface area (Å²) in [7, 11) is 5.33. The van der Waals surface area contributed by atoms with Crippen LogP contribution in [0.5, 0.6) is 11.5 Å². The fraction of sp³-hybridized carbons (Fsp3) is 0.500. The lowest BCUT2D eigenvalue weighted by atomic mass is 10.2. The normalized spacial score (nSPS) is 17.0. The number of carbonyl (C=O) groups is 1. The van der Waals surface area contributed by atoms with Gasteiger partial charge in [0.25, 0.3) is 0 Å². The number of likely N-dealkylation sites (N-methyl/N-ethyl adjacent to an activating group) is 1. The predicted molar refractivity (Wildman–Crippen MR) is 124 cm³/mol. The summed E-state index contributed by atoms with van der Waals surface area (Å²) >= 11 is 0. The van der Waals surface area contributed by atoms with Crippen molar-refractivity contribution >= 4 is 23.5 Å². The van der Waals surface area contributed by atoms with Crippen LogP contribution in [0.3, 0.4) is 0 Å². The van der Waals surface area contributed by atoms with E-state index in [0.29, 0.717) is 35.5 Å².